The maximum absolute atomic E-state index is 10.6. The summed E-state index contributed by atoms with van der Waals surface area (Å²) >= 11 is 0. The van der Waals surface area contributed by atoms with Gasteiger partial charge in [-0.1, -0.05) is 12.1 Å². The highest BCUT2D eigenvalue weighted by Gasteiger charge is 2.13. The summed E-state index contributed by atoms with van der Waals surface area (Å²) in [7, 11) is 3.37. The fraction of sp³-hybridized carbons (Fsp3) is 0.308. The molecule has 0 aliphatic carbocycles. The molecule has 0 atom stereocenters. The van der Waals surface area contributed by atoms with Crippen LogP contribution in [0.4, 0.5) is 0 Å². The van der Waals surface area contributed by atoms with Crippen molar-refractivity contribution >= 4 is 5.97 Å². The molecule has 0 amide bonds. The number of hydrogen-bond donors (Lipinski definition) is 1. The number of carboxylic acids is 1. The molecule has 0 aliphatic heterocycles. The third-order valence-electron chi connectivity index (χ3n) is 2.72. The number of aryl methyl sites for hydroxylation is 2. The quantitative estimate of drug-likeness (QED) is 0.882. The molecule has 0 bridgehead atoms. The Morgan fingerprint density at radius 1 is 1.42 bits per heavy atom. The van der Waals surface area contributed by atoms with Gasteiger partial charge in [-0.15, -0.1) is 0 Å². The second-order valence-electron chi connectivity index (χ2n) is 4.07. The molecule has 0 spiro atoms. The van der Waals surface area contributed by atoms with Crippen molar-refractivity contribution in [2.45, 2.75) is 12.8 Å². The molecule has 100 valence electrons. The van der Waals surface area contributed by atoms with E-state index in [4.69, 9.17) is 9.84 Å². The fourth-order valence-electron chi connectivity index (χ4n) is 1.83. The van der Waals surface area contributed by atoms with Crippen molar-refractivity contribution in [3.63, 3.8) is 0 Å². The third kappa shape index (κ3) is 2.90. The van der Waals surface area contributed by atoms with Crippen LogP contribution in [0.2, 0.25) is 0 Å². The van der Waals surface area contributed by atoms with Gasteiger partial charge in [0.05, 0.1) is 19.1 Å². The van der Waals surface area contributed by atoms with Crippen LogP contribution < -0.4 is 4.74 Å². The van der Waals surface area contributed by atoms with Gasteiger partial charge in [-0.2, -0.15) is 5.10 Å². The number of nitrogens with zero attached hydrogens (tertiary/aromatic N) is 3. The first-order valence-electron chi connectivity index (χ1n) is 5.87. The topological polar surface area (TPSA) is 77.2 Å². The number of para-hydroxylation sites is 1. The number of ether oxygens (including phenoxy) is 1. The minimum absolute atomic E-state index is 0.0232. The number of methoxy groups -OCH3 is 1. The van der Waals surface area contributed by atoms with E-state index in [9.17, 15) is 4.79 Å². The van der Waals surface area contributed by atoms with Crippen LogP contribution in [0.3, 0.4) is 0 Å². The maximum Gasteiger partial charge on any atom is 0.303 e. The molecule has 1 aromatic carbocycles. The van der Waals surface area contributed by atoms with Gasteiger partial charge in [0, 0.05) is 13.5 Å². The predicted octanol–water partition coefficient (Wildman–Crippen LogP) is 1.51. The summed E-state index contributed by atoms with van der Waals surface area (Å²) in [5.74, 6) is 1.04. The van der Waals surface area contributed by atoms with Crippen LogP contribution in [0.15, 0.2) is 24.3 Å². The Kier molecular flexibility index (Phi) is 3.79. The second-order valence-corrected chi connectivity index (χ2v) is 4.07. The van der Waals surface area contributed by atoms with Gasteiger partial charge in [-0.05, 0) is 12.1 Å². The molecule has 0 saturated carbocycles. The van der Waals surface area contributed by atoms with Gasteiger partial charge in [0.2, 0.25) is 0 Å². The number of aliphatic carboxylic acids is 1. The van der Waals surface area contributed by atoms with Crippen LogP contribution in [0.1, 0.15) is 12.2 Å². The van der Waals surface area contributed by atoms with E-state index in [1.54, 1.807) is 18.8 Å². The highest BCUT2D eigenvalue weighted by Crippen LogP contribution is 2.27. The van der Waals surface area contributed by atoms with Crippen LogP contribution in [0.25, 0.3) is 11.4 Å². The van der Waals surface area contributed by atoms with Crippen molar-refractivity contribution in [1.29, 1.82) is 0 Å². The van der Waals surface area contributed by atoms with E-state index in [1.165, 1.54) is 0 Å². The molecule has 6 heteroatoms. The average molecular weight is 261 g/mol. The lowest BCUT2D eigenvalue weighted by molar-refractivity contribution is -0.137. The zero-order valence-electron chi connectivity index (χ0n) is 10.8. The van der Waals surface area contributed by atoms with Gasteiger partial charge in [0.1, 0.15) is 5.75 Å². The van der Waals surface area contributed by atoms with E-state index in [0.717, 1.165) is 5.56 Å². The molecule has 0 saturated heterocycles. The highest BCUT2D eigenvalue weighted by atomic mass is 16.5. The molecule has 2 rings (SSSR count). The Morgan fingerprint density at radius 3 is 2.84 bits per heavy atom. The summed E-state index contributed by atoms with van der Waals surface area (Å²) in [4.78, 5) is 14.9. The van der Waals surface area contributed by atoms with E-state index in [-0.39, 0.29) is 6.42 Å². The lowest BCUT2D eigenvalue weighted by Crippen LogP contribution is -1.99. The summed E-state index contributed by atoms with van der Waals surface area (Å²) in [5.41, 5.74) is 0.835. The summed E-state index contributed by atoms with van der Waals surface area (Å²) in [6.45, 7) is 0. The predicted molar refractivity (Wildman–Crippen MR) is 68.9 cm³/mol. The van der Waals surface area contributed by atoms with Crippen molar-refractivity contribution < 1.29 is 14.6 Å². The summed E-state index contributed by atoms with van der Waals surface area (Å²) in [5, 5.41) is 12.9. The number of hydrogen-bond acceptors (Lipinski definition) is 4. The molecule has 0 aliphatic rings. The van der Waals surface area contributed by atoms with Gasteiger partial charge in [-0.3, -0.25) is 4.79 Å². The number of carbonyl (C=O) groups is 1. The van der Waals surface area contributed by atoms with Crippen molar-refractivity contribution in [2.75, 3.05) is 7.11 Å². The highest BCUT2D eigenvalue weighted by molar-refractivity contribution is 5.67. The number of rotatable bonds is 5. The summed E-state index contributed by atoms with van der Waals surface area (Å²) < 4.78 is 6.92. The summed E-state index contributed by atoms with van der Waals surface area (Å²) in [6.07, 6.45) is 0.341. The SMILES string of the molecule is COc1ccccc1-c1nc(CCC(=O)O)nn1C. The molecular weight excluding hydrogens is 246 g/mol. The van der Waals surface area contributed by atoms with E-state index in [1.807, 2.05) is 24.3 Å². The standard InChI is InChI=1S/C13H15N3O3/c1-16-13(9-5-3-4-6-10(9)19-2)14-11(15-16)7-8-12(17)18/h3-6H,7-8H2,1-2H3,(H,17,18). The number of carboxylic acid groups (broad SMARTS) is 1. The van der Waals surface area contributed by atoms with Crippen LogP contribution in [-0.2, 0) is 18.3 Å². The van der Waals surface area contributed by atoms with Crippen molar-refractivity contribution in [2.24, 2.45) is 7.05 Å². The Morgan fingerprint density at radius 2 is 2.16 bits per heavy atom. The van der Waals surface area contributed by atoms with Gasteiger partial charge < -0.3 is 9.84 Å². The lowest BCUT2D eigenvalue weighted by atomic mass is 10.2. The van der Waals surface area contributed by atoms with Crippen molar-refractivity contribution in [1.82, 2.24) is 14.8 Å². The molecule has 0 fully saturated rings. The molecule has 0 unspecified atom stereocenters. The Labute approximate surface area is 110 Å². The second kappa shape index (κ2) is 5.51. The minimum Gasteiger partial charge on any atom is -0.496 e. The zero-order valence-corrected chi connectivity index (χ0v) is 10.8. The molecule has 1 heterocycles. The zero-order chi connectivity index (χ0) is 13.8. The Balaban J connectivity index is 2.32. The van der Waals surface area contributed by atoms with Crippen LogP contribution in [-0.4, -0.2) is 33.0 Å². The average Bonchev–Trinajstić information content (AvgIpc) is 2.77. The van der Waals surface area contributed by atoms with Gasteiger partial charge in [0.25, 0.3) is 0 Å². The largest absolute Gasteiger partial charge is 0.496 e. The van der Waals surface area contributed by atoms with E-state index >= 15 is 0 Å². The first-order valence-corrected chi connectivity index (χ1v) is 5.87. The molecule has 1 N–H and O–H groups in total. The van der Waals surface area contributed by atoms with E-state index < -0.39 is 5.97 Å². The van der Waals surface area contributed by atoms with Crippen LogP contribution >= 0.6 is 0 Å². The normalized spacial score (nSPS) is 10.4. The van der Waals surface area contributed by atoms with Crippen LogP contribution in [0, 0.1) is 0 Å². The lowest BCUT2D eigenvalue weighted by Gasteiger charge is -2.06. The van der Waals surface area contributed by atoms with Crippen molar-refractivity contribution in [3.8, 4) is 17.1 Å². The van der Waals surface area contributed by atoms with E-state index in [2.05, 4.69) is 10.1 Å². The molecular formula is C13H15N3O3. The van der Waals surface area contributed by atoms with Crippen LogP contribution in [0.5, 0.6) is 5.75 Å². The maximum atomic E-state index is 10.6. The van der Waals surface area contributed by atoms with Gasteiger partial charge >= 0.3 is 5.97 Å². The monoisotopic (exact) mass is 261 g/mol. The van der Waals surface area contributed by atoms with Gasteiger partial charge in [-0.25, -0.2) is 9.67 Å². The first kappa shape index (κ1) is 13.1. The molecule has 0 radical (unpaired) electrons. The fourth-order valence-corrected chi connectivity index (χ4v) is 1.83. The third-order valence-corrected chi connectivity index (χ3v) is 2.72. The Bertz CT molecular complexity index is 593. The molecule has 1 aromatic heterocycles. The molecule has 19 heavy (non-hydrogen) atoms. The number of benzene rings is 1. The minimum atomic E-state index is -0.855. The number of aromatic nitrogens is 3. The molecule has 6 nitrogen and oxygen atoms in total. The summed E-state index contributed by atoms with van der Waals surface area (Å²) in [6, 6.07) is 7.51. The Hall–Kier alpha value is -2.37. The van der Waals surface area contributed by atoms with Gasteiger partial charge in [0.15, 0.2) is 11.6 Å². The smallest absolute Gasteiger partial charge is 0.303 e. The first-order chi connectivity index (χ1) is 9.11. The van der Waals surface area contributed by atoms with Crippen molar-refractivity contribution in [3.05, 3.63) is 30.1 Å². The molecule has 2 aromatic rings. The van der Waals surface area contributed by atoms with E-state index in [0.29, 0.717) is 23.8 Å².